The van der Waals surface area contributed by atoms with Crippen LogP contribution in [0.4, 0.5) is 10.1 Å². The molecule has 0 aliphatic carbocycles. The third kappa shape index (κ3) is 9.26. The molecule has 0 saturated heterocycles. The van der Waals surface area contributed by atoms with Crippen molar-refractivity contribution in [1.29, 1.82) is 0 Å². The van der Waals surface area contributed by atoms with Gasteiger partial charge in [-0.25, -0.2) is 12.8 Å². The van der Waals surface area contributed by atoms with Crippen LogP contribution in [0.15, 0.2) is 54.6 Å². The van der Waals surface area contributed by atoms with Crippen LogP contribution in [0.25, 0.3) is 0 Å². The van der Waals surface area contributed by atoms with Crippen LogP contribution < -0.4 is 9.62 Å². The first-order valence-corrected chi connectivity index (χ1v) is 14.1. The summed E-state index contributed by atoms with van der Waals surface area (Å²) < 4.78 is 39.2. The minimum absolute atomic E-state index is 0.0632. The molecule has 0 aromatic heterocycles. The van der Waals surface area contributed by atoms with Crippen LogP contribution >= 0.6 is 0 Å². The first-order valence-electron chi connectivity index (χ1n) is 12.2. The van der Waals surface area contributed by atoms with Crippen LogP contribution in [0.2, 0.25) is 0 Å². The number of carbonyl (C=O) groups excluding carboxylic acids is 2. The highest BCUT2D eigenvalue weighted by Crippen LogP contribution is 2.20. The van der Waals surface area contributed by atoms with Crippen LogP contribution in [0.3, 0.4) is 0 Å². The van der Waals surface area contributed by atoms with Crippen molar-refractivity contribution >= 4 is 27.5 Å². The summed E-state index contributed by atoms with van der Waals surface area (Å²) in [5.74, 6) is -0.888. The van der Waals surface area contributed by atoms with Crippen molar-refractivity contribution in [2.24, 2.45) is 0 Å². The molecule has 2 rings (SSSR count). The van der Waals surface area contributed by atoms with E-state index in [9.17, 15) is 22.4 Å². The highest BCUT2D eigenvalue weighted by Gasteiger charge is 2.30. The van der Waals surface area contributed by atoms with Gasteiger partial charge in [0.1, 0.15) is 11.9 Å². The molecule has 0 spiro atoms. The third-order valence-corrected chi connectivity index (χ3v) is 6.83. The van der Waals surface area contributed by atoms with E-state index in [1.54, 1.807) is 4.90 Å². The molecule has 7 nitrogen and oxygen atoms in total. The predicted molar refractivity (Wildman–Crippen MR) is 142 cm³/mol. The van der Waals surface area contributed by atoms with E-state index in [1.807, 2.05) is 58.0 Å². The fourth-order valence-electron chi connectivity index (χ4n) is 3.96. The van der Waals surface area contributed by atoms with Gasteiger partial charge in [-0.05, 0) is 69.9 Å². The number of anilines is 1. The Morgan fingerprint density at radius 3 is 2.14 bits per heavy atom. The van der Waals surface area contributed by atoms with Crippen molar-refractivity contribution in [3.8, 4) is 0 Å². The van der Waals surface area contributed by atoms with E-state index in [0.717, 1.165) is 16.1 Å². The Bertz CT molecular complexity index is 1100. The number of nitrogens with zero attached hydrogens (tertiary/aromatic N) is 2. The van der Waals surface area contributed by atoms with Gasteiger partial charge in [0.05, 0.1) is 11.9 Å². The van der Waals surface area contributed by atoms with E-state index in [0.29, 0.717) is 25.1 Å². The molecule has 2 amide bonds. The summed E-state index contributed by atoms with van der Waals surface area (Å²) in [7, 11) is -3.63. The molecule has 1 N–H and O–H groups in total. The Balaban J connectivity index is 2.17. The zero-order valence-corrected chi connectivity index (χ0v) is 22.6. The number of sulfonamides is 1. The molecule has 0 bridgehead atoms. The summed E-state index contributed by atoms with van der Waals surface area (Å²) in [6.07, 6.45) is 2.45. The van der Waals surface area contributed by atoms with Gasteiger partial charge < -0.3 is 10.2 Å². The molecule has 0 unspecified atom stereocenters. The van der Waals surface area contributed by atoms with Crippen LogP contribution in [0, 0.1) is 5.82 Å². The predicted octanol–water partition coefficient (Wildman–Crippen LogP) is 4.14. The first kappa shape index (κ1) is 29.3. The SMILES string of the molecule is CC[C@H](C(=O)NC(C)(C)C)N(CCc1ccccc1)C(=O)CCCN(c1ccc(F)cc1)S(C)(=O)=O. The molecule has 2 aromatic rings. The number of benzene rings is 2. The maximum Gasteiger partial charge on any atom is 0.243 e. The molecular formula is C27H38FN3O4S. The highest BCUT2D eigenvalue weighted by atomic mass is 32.2. The maximum atomic E-state index is 13.4. The average molecular weight is 520 g/mol. The van der Waals surface area contributed by atoms with Crippen molar-refractivity contribution in [3.05, 3.63) is 66.0 Å². The Morgan fingerprint density at radius 2 is 1.61 bits per heavy atom. The molecule has 36 heavy (non-hydrogen) atoms. The summed E-state index contributed by atoms with van der Waals surface area (Å²) >= 11 is 0. The lowest BCUT2D eigenvalue weighted by atomic mass is 10.0. The minimum atomic E-state index is -3.63. The second kappa shape index (κ2) is 12.9. The molecule has 0 heterocycles. The highest BCUT2D eigenvalue weighted by molar-refractivity contribution is 7.92. The smallest absolute Gasteiger partial charge is 0.243 e. The molecular weight excluding hydrogens is 481 g/mol. The van der Waals surface area contributed by atoms with Gasteiger partial charge in [0.15, 0.2) is 0 Å². The summed E-state index contributed by atoms with van der Waals surface area (Å²) in [4.78, 5) is 28.0. The van der Waals surface area contributed by atoms with Gasteiger partial charge in [0.2, 0.25) is 21.8 Å². The van der Waals surface area contributed by atoms with Gasteiger partial charge in [0.25, 0.3) is 0 Å². The van der Waals surface area contributed by atoms with Crippen molar-refractivity contribution in [2.45, 2.75) is 65.0 Å². The topological polar surface area (TPSA) is 86.8 Å². The Labute approximate surface area is 214 Å². The monoisotopic (exact) mass is 519 g/mol. The van der Waals surface area contributed by atoms with Crippen molar-refractivity contribution in [2.75, 3.05) is 23.7 Å². The first-order chi connectivity index (χ1) is 16.8. The normalized spacial score (nSPS) is 12.6. The molecule has 198 valence electrons. The van der Waals surface area contributed by atoms with E-state index in [-0.39, 0.29) is 31.2 Å². The minimum Gasteiger partial charge on any atom is -0.350 e. The van der Waals surface area contributed by atoms with Crippen molar-refractivity contribution < 1.29 is 22.4 Å². The second-order valence-corrected chi connectivity index (χ2v) is 11.8. The van der Waals surface area contributed by atoms with E-state index >= 15 is 0 Å². The van der Waals surface area contributed by atoms with Gasteiger partial charge in [-0.3, -0.25) is 13.9 Å². The number of halogens is 1. The maximum absolute atomic E-state index is 13.4. The van der Waals surface area contributed by atoms with E-state index < -0.39 is 27.4 Å². The van der Waals surface area contributed by atoms with Gasteiger partial charge >= 0.3 is 0 Å². The fraction of sp³-hybridized carbons (Fsp3) is 0.481. The lowest BCUT2D eigenvalue weighted by molar-refractivity contribution is -0.141. The zero-order chi connectivity index (χ0) is 26.9. The van der Waals surface area contributed by atoms with Crippen LogP contribution in [-0.4, -0.2) is 56.1 Å². The van der Waals surface area contributed by atoms with Crippen LogP contribution in [-0.2, 0) is 26.0 Å². The zero-order valence-electron chi connectivity index (χ0n) is 21.8. The molecule has 9 heteroatoms. The van der Waals surface area contributed by atoms with E-state index in [2.05, 4.69) is 5.32 Å². The molecule has 2 aromatic carbocycles. The van der Waals surface area contributed by atoms with Crippen LogP contribution in [0.1, 0.15) is 52.5 Å². The van der Waals surface area contributed by atoms with Gasteiger partial charge in [-0.2, -0.15) is 0 Å². The summed E-state index contributed by atoms with van der Waals surface area (Å²) in [5.41, 5.74) is 0.952. The largest absolute Gasteiger partial charge is 0.350 e. The third-order valence-electron chi connectivity index (χ3n) is 5.64. The lowest BCUT2D eigenvalue weighted by Crippen LogP contribution is -2.54. The number of nitrogens with one attached hydrogen (secondary N) is 1. The van der Waals surface area contributed by atoms with Gasteiger partial charge in [-0.1, -0.05) is 37.3 Å². The molecule has 0 saturated carbocycles. The van der Waals surface area contributed by atoms with Crippen molar-refractivity contribution in [3.63, 3.8) is 0 Å². The second-order valence-electron chi connectivity index (χ2n) is 9.90. The number of hydrogen-bond donors (Lipinski definition) is 1. The molecule has 0 aliphatic rings. The van der Waals surface area contributed by atoms with Crippen molar-refractivity contribution in [1.82, 2.24) is 10.2 Å². The van der Waals surface area contributed by atoms with Gasteiger partial charge in [0, 0.05) is 25.0 Å². The molecule has 1 atom stereocenters. The van der Waals surface area contributed by atoms with E-state index in [4.69, 9.17) is 0 Å². The number of carbonyl (C=O) groups is 2. The molecule has 0 aliphatic heterocycles. The fourth-order valence-corrected chi connectivity index (χ4v) is 4.93. The Morgan fingerprint density at radius 1 is 1.00 bits per heavy atom. The van der Waals surface area contributed by atoms with Crippen LogP contribution in [0.5, 0.6) is 0 Å². The summed E-state index contributed by atoms with van der Waals surface area (Å²) in [6.45, 7) is 7.98. The quantitative estimate of drug-likeness (QED) is 0.457. The number of hydrogen-bond acceptors (Lipinski definition) is 4. The molecule has 0 fully saturated rings. The van der Waals surface area contributed by atoms with Gasteiger partial charge in [-0.15, -0.1) is 0 Å². The Hall–Kier alpha value is -2.94. The summed E-state index contributed by atoms with van der Waals surface area (Å²) in [6, 6.07) is 14.3. The summed E-state index contributed by atoms with van der Waals surface area (Å²) in [5, 5.41) is 2.97. The number of amides is 2. The van der Waals surface area contributed by atoms with E-state index in [1.165, 1.54) is 24.3 Å². The average Bonchev–Trinajstić information content (AvgIpc) is 2.78. The standard InChI is InChI=1S/C27H38FN3O4S/c1-6-24(26(33)29-27(2,3)4)30(20-18-21-11-8-7-9-12-21)25(32)13-10-19-31(36(5,34)35)23-16-14-22(28)15-17-23/h7-9,11-12,14-17,24H,6,10,13,18-20H2,1-5H3,(H,29,33)/t24-/m1/s1. The number of rotatable bonds is 12. The Kier molecular flexibility index (Phi) is 10.5. The lowest BCUT2D eigenvalue weighted by Gasteiger charge is -2.33. The molecule has 0 radical (unpaired) electrons.